The summed E-state index contributed by atoms with van der Waals surface area (Å²) in [6, 6.07) is 6.01. The second kappa shape index (κ2) is 4.31. The molecule has 82 valence electrons. The highest BCUT2D eigenvalue weighted by Crippen LogP contribution is 2.23. The molecule has 0 aliphatic heterocycles. The van der Waals surface area contributed by atoms with Crippen molar-refractivity contribution in [1.29, 1.82) is 0 Å². The molecule has 1 heterocycles. The molecule has 3 heteroatoms. The van der Waals surface area contributed by atoms with Gasteiger partial charge < -0.3 is 4.74 Å². The van der Waals surface area contributed by atoms with Gasteiger partial charge in [-0.2, -0.15) is 0 Å². The fourth-order valence-corrected chi connectivity index (χ4v) is 1.70. The minimum absolute atomic E-state index is 0.593. The lowest BCUT2D eigenvalue weighted by atomic mass is 10.1. The first-order chi connectivity index (χ1) is 7.74. The monoisotopic (exact) mass is 214 g/mol. The molecule has 1 aromatic heterocycles. The maximum absolute atomic E-state index is 5.39. The third-order valence-electron chi connectivity index (χ3n) is 2.45. The van der Waals surface area contributed by atoms with Crippen molar-refractivity contribution in [3.8, 4) is 0 Å². The van der Waals surface area contributed by atoms with Crippen LogP contribution in [0.2, 0.25) is 0 Å². The van der Waals surface area contributed by atoms with Gasteiger partial charge >= 0.3 is 0 Å². The first kappa shape index (κ1) is 10.6. The predicted octanol–water partition coefficient (Wildman–Crippen LogP) is 2.95. The van der Waals surface area contributed by atoms with Crippen molar-refractivity contribution >= 4 is 16.7 Å². The zero-order valence-corrected chi connectivity index (χ0v) is 9.53. The maximum atomic E-state index is 5.39. The lowest BCUT2D eigenvalue weighted by Gasteiger charge is -2.09. The maximum Gasteiger partial charge on any atom is 0.138 e. The number of benzene rings is 1. The molecule has 0 aliphatic carbocycles. The van der Waals surface area contributed by atoms with Crippen molar-refractivity contribution in [3.63, 3.8) is 0 Å². The second-order valence-corrected chi connectivity index (χ2v) is 3.55. The molecule has 0 unspecified atom stereocenters. The molecule has 0 bridgehead atoms. The lowest BCUT2D eigenvalue weighted by molar-refractivity contribution is 0.298. The average Bonchev–Trinajstić information content (AvgIpc) is 2.29. The van der Waals surface area contributed by atoms with E-state index in [1.54, 1.807) is 6.33 Å². The van der Waals surface area contributed by atoms with E-state index < -0.39 is 0 Å². The molecule has 0 radical (unpaired) electrons. The Morgan fingerprint density at radius 1 is 1.38 bits per heavy atom. The summed E-state index contributed by atoms with van der Waals surface area (Å²) >= 11 is 0. The third-order valence-corrected chi connectivity index (χ3v) is 2.45. The summed E-state index contributed by atoms with van der Waals surface area (Å²) in [5, 5.41) is 0.987. The molecule has 1 aromatic carbocycles. The molecule has 2 aromatic rings. The van der Waals surface area contributed by atoms with Gasteiger partial charge in [0, 0.05) is 5.39 Å². The Morgan fingerprint density at radius 2 is 2.19 bits per heavy atom. The van der Waals surface area contributed by atoms with E-state index in [0.717, 1.165) is 22.2 Å². The molecule has 3 nitrogen and oxygen atoms in total. The molecule has 0 spiro atoms. The largest absolute Gasteiger partial charge is 0.492 e. The van der Waals surface area contributed by atoms with Crippen LogP contribution >= 0.6 is 0 Å². The number of aromatic nitrogens is 2. The lowest BCUT2D eigenvalue weighted by Crippen LogP contribution is -1.97. The van der Waals surface area contributed by atoms with Crippen LogP contribution in [0.4, 0.5) is 0 Å². The number of hydrogen-bond acceptors (Lipinski definition) is 3. The van der Waals surface area contributed by atoms with E-state index in [1.165, 1.54) is 0 Å². The summed E-state index contributed by atoms with van der Waals surface area (Å²) in [7, 11) is 0. The van der Waals surface area contributed by atoms with Crippen molar-refractivity contribution in [2.24, 2.45) is 0 Å². The molecule has 0 N–H and O–H groups in total. The summed E-state index contributed by atoms with van der Waals surface area (Å²) in [6.07, 6.45) is 1.55. The zero-order valence-electron chi connectivity index (χ0n) is 9.53. The van der Waals surface area contributed by atoms with E-state index in [9.17, 15) is 0 Å². The van der Waals surface area contributed by atoms with Crippen LogP contribution in [0.25, 0.3) is 16.7 Å². The van der Waals surface area contributed by atoms with Crippen LogP contribution < -0.4 is 0 Å². The van der Waals surface area contributed by atoms with Crippen LogP contribution in [0.1, 0.15) is 18.2 Å². The Labute approximate surface area is 94.8 Å². The molecule has 0 aliphatic rings. The molecule has 2 rings (SSSR count). The molecule has 0 saturated carbocycles. The number of hydrogen-bond donors (Lipinski definition) is 0. The Morgan fingerprint density at radius 3 is 2.94 bits per heavy atom. The number of ether oxygens (including phenoxy) is 1. The number of fused-ring (bicyclic) bond motifs is 1. The molecular formula is C13H14N2O. The highest BCUT2D eigenvalue weighted by molar-refractivity contribution is 5.89. The number of para-hydroxylation sites is 1. The Kier molecular flexibility index (Phi) is 2.86. The van der Waals surface area contributed by atoms with Gasteiger partial charge in [-0.15, -0.1) is 0 Å². The van der Waals surface area contributed by atoms with Crippen molar-refractivity contribution in [3.05, 3.63) is 42.4 Å². The van der Waals surface area contributed by atoms with Crippen molar-refractivity contribution in [1.82, 2.24) is 9.97 Å². The van der Waals surface area contributed by atoms with Gasteiger partial charge in [-0.05, 0) is 19.4 Å². The smallest absolute Gasteiger partial charge is 0.138 e. The second-order valence-electron chi connectivity index (χ2n) is 3.55. The quantitative estimate of drug-likeness (QED) is 0.737. The van der Waals surface area contributed by atoms with Crippen molar-refractivity contribution < 1.29 is 4.74 Å². The molecule has 16 heavy (non-hydrogen) atoms. The van der Waals surface area contributed by atoms with E-state index in [2.05, 4.69) is 16.5 Å². The fourth-order valence-electron chi connectivity index (χ4n) is 1.70. The van der Waals surface area contributed by atoms with Gasteiger partial charge in [0.1, 0.15) is 17.8 Å². The van der Waals surface area contributed by atoms with Crippen LogP contribution in [0, 0.1) is 6.92 Å². The number of nitrogens with zero attached hydrogens (tertiary/aromatic N) is 2. The Balaban J connectivity index is 2.62. The van der Waals surface area contributed by atoms with E-state index in [0.29, 0.717) is 12.4 Å². The molecule has 0 atom stereocenters. The molecule has 0 fully saturated rings. The van der Waals surface area contributed by atoms with Gasteiger partial charge in [0.15, 0.2) is 0 Å². The SMILES string of the molecule is C=C(OCC)c1ncnc2c(C)cccc12. The van der Waals surface area contributed by atoms with E-state index in [1.807, 2.05) is 32.0 Å². The molecule has 0 saturated heterocycles. The van der Waals surface area contributed by atoms with E-state index in [4.69, 9.17) is 4.74 Å². The van der Waals surface area contributed by atoms with Gasteiger partial charge in [0.05, 0.1) is 12.1 Å². The van der Waals surface area contributed by atoms with Gasteiger partial charge in [0.25, 0.3) is 0 Å². The van der Waals surface area contributed by atoms with E-state index in [-0.39, 0.29) is 0 Å². The van der Waals surface area contributed by atoms with Crippen LogP contribution in [0.15, 0.2) is 31.1 Å². The average molecular weight is 214 g/mol. The highest BCUT2D eigenvalue weighted by Gasteiger charge is 2.08. The summed E-state index contributed by atoms with van der Waals surface area (Å²) in [4.78, 5) is 8.51. The van der Waals surface area contributed by atoms with Gasteiger partial charge in [-0.3, -0.25) is 0 Å². The van der Waals surface area contributed by atoms with Crippen LogP contribution in [-0.4, -0.2) is 16.6 Å². The van der Waals surface area contributed by atoms with Crippen molar-refractivity contribution in [2.75, 3.05) is 6.61 Å². The Bertz CT molecular complexity index is 534. The van der Waals surface area contributed by atoms with Crippen LogP contribution in [-0.2, 0) is 4.74 Å². The highest BCUT2D eigenvalue weighted by atomic mass is 16.5. The van der Waals surface area contributed by atoms with Gasteiger partial charge in [0.2, 0.25) is 0 Å². The fraction of sp³-hybridized carbons (Fsp3) is 0.231. The van der Waals surface area contributed by atoms with Crippen molar-refractivity contribution in [2.45, 2.75) is 13.8 Å². The normalized spacial score (nSPS) is 10.4. The minimum Gasteiger partial charge on any atom is -0.492 e. The number of rotatable bonds is 3. The molecule has 0 amide bonds. The van der Waals surface area contributed by atoms with Gasteiger partial charge in [-0.25, -0.2) is 9.97 Å². The third kappa shape index (κ3) is 1.76. The van der Waals surface area contributed by atoms with Crippen LogP contribution in [0.5, 0.6) is 0 Å². The first-order valence-corrected chi connectivity index (χ1v) is 5.26. The summed E-state index contributed by atoms with van der Waals surface area (Å²) in [5.41, 5.74) is 2.86. The van der Waals surface area contributed by atoms with E-state index >= 15 is 0 Å². The van der Waals surface area contributed by atoms with Gasteiger partial charge in [-0.1, -0.05) is 24.8 Å². The standard InChI is InChI=1S/C13H14N2O/c1-4-16-10(3)13-11-7-5-6-9(2)12(11)14-8-15-13/h5-8H,3-4H2,1-2H3. The Hall–Kier alpha value is -1.90. The first-order valence-electron chi connectivity index (χ1n) is 5.26. The summed E-state index contributed by atoms with van der Waals surface area (Å²) in [5.74, 6) is 0.598. The summed E-state index contributed by atoms with van der Waals surface area (Å²) < 4.78 is 5.39. The minimum atomic E-state index is 0.593. The predicted molar refractivity (Wildman–Crippen MR) is 64.9 cm³/mol. The topological polar surface area (TPSA) is 35.0 Å². The molecular weight excluding hydrogens is 200 g/mol. The zero-order chi connectivity index (χ0) is 11.5. The summed E-state index contributed by atoms with van der Waals surface area (Å²) in [6.45, 7) is 8.44. The van der Waals surface area contributed by atoms with Crippen LogP contribution in [0.3, 0.4) is 0 Å². The number of aryl methyl sites for hydroxylation is 1.